The predicted octanol–water partition coefficient (Wildman–Crippen LogP) is 4.29. The van der Waals surface area contributed by atoms with E-state index in [1.807, 2.05) is 20.8 Å². The zero-order chi connectivity index (χ0) is 20.5. The highest BCUT2D eigenvalue weighted by Crippen LogP contribution is 2.34. The minimum absolute atomic E-state index is 0.00258. The van der Waals surface area contributed by atoms with E-state index in [2.05, 4.69) is 0 Å². The van der Waals surface area contributed by atoms with E-state index < -0.39 is 10.5 Å². The molecule has 1 amide bonds. The zero-order valence-electron chi connectivity index (χ0n) is 16.6. The Labute approximate surface area is 163 Å². The number of hydrogen-bond acceptors (Lipinski definition) is 5. The van der Waals surface area contributed by atoms with Crippen molar-refractivity contribution < 1.29 is 19.6 Å². The third kappa shape index (κ3) is 4.37. The second-order valence-electron chi connectivity index (χ2n) is 8.34. The summed E-state index contributed by atoms with van der Waals surface area (Å²) in [4.78, 5) is 24.6. The summed E-state index contributed by atoms with van der Waals surface area (Å²) in [7, 11) is 0. The standard InChI is InChI=1S/C20H27N3O5/c1-20(2,3)28-19(25)21-10-7-14(8-11-21)9-12-22-13-16-15(18(22)24)5-4-6-17(16)23(26)27/h4-6,13-14,24H,7-12H2,1-3H3. The molecule has 8 heteroatoms. The minimum atomic E-state index is -0.496. The van der Waals surface area contributed by atoms with Gasteiger partial charge in [0, 0.05) is 31.9 Å². The molecule has 0 unspecified atom stereocenters. The van der Waals surface area contributed by atoms with E-state index in [-0.39, 0.29) is 17.7 Å². The number of nitro benzene ring substituents is 1. The Morgan fingerprint density at radius 3 is 2.57 bits per heavy atom. The van der Waals surface area contributed by atoms with Gasteiger partial charge in [0.15, 0.2) is 5.88 Å². The molecule has 0 atom stereocenters. The van der Waals surface area contributed by atoms with Crippen LogP contribution in [0, 0.1) is 16.0 Å². The number of nitro groups is 1. The number of fused-ring (bicyclic) bond motifs is 1. The Balaban J connectivity index is 1.59. The summed E-state index contributed by atoms with van der Waals surface area (Å²) in [6.45, 7) is 7.46. The lowest BCUT2D eigenvalue weighted by atomic mass is 9.94. The van der Waals surface area contributed by atoms with Crippen LogP contribution in [0.15, 0.2) is 24.4 Å². The van der Waals surface area contributed by atoms with Crippen LogP contribution in [0.25, 0.3) is 10.8 Å². The van der Waals surface area contributed by atoms with Gasteiger partial charge >= 0.3 is 6.09 Å². The van der Waals surface area contributed by atoms with Gasteiger partial charge in [-0.2, -0.15) is 0 Å². The molecule has 0 spiro atoms. The molecule has 1 N–H and O–H groups in total. The maximum absolute atomic E-state index is 12.1. The van der Waals surface area contributed by atoms with Crippen LogP contribution < -0.4 is 0 Å². The van der Waals surface area contributed by atoms with Crippen molar-refractivity contribution >= 4 is 22.6 Å². The maximum Gasteiger partial charge on any atom is 0.410 e. The number of benzene rings is 1. The molecule has 0 radical (unpaired) electrons. The van der Waals surface area contributed by atoms with Crippen molar-refractivity contribution in [3.63, 3.8) is 0 Å². The minimum Gasteiger partial charge on any atom is -0.494 e. The van der Waals surface area contributed by atoms with Crippen LogP contribution in [0.2, 0.25) is 0 Å². The monoisotopic (exact) mass is 389 g/mol. The van der Waals surface area contributed by atoms with E-state index in [9.17, 15) is 20.0 Å². The van der Waals surface area contributed by atoms with Crippen LogP contribution in [-0.4, -0.2) is 44.3 Å². The fourth-order valence-electron chi connectivity index (χ4n) is 3.64. The van der Waals surface area contributed by atoms with Gasteiger partial charge in [0.1, 0.15) is 5.60 Å². The second kappa shape index (κ2) is 7.69. The molecule has 3 rings (SSSR count). The van der Waals surface area contributed by atoms with Gasteiger partial charge in [-0.3, -0.25) is 10.1 Å². The van der Waals surface area contributed by atoms with E-state index in [4.69, 9.17) is 4.74 Å². The van der Waals surface area contributed by atoms with Crippen molar-refractivity contribution in [3.8, 4) is 5.88 Å². The number of aromatic nitrogens is 1. The smallest absolute Gasteiger partial charge is 0.410 e. The Kier molecular flexibility index (Phi) is 5.49. The lowest BCUT2D eigenvalue weighted by Gasteiger charge is -2.33. The molecule has 0 saturated carbocycles. The predicted molar refractivity (Wildman–Crippen MR) is 105 cm³/mol. The van der Waals surface area contributed by atoms with Crippen molar-refractivity contribution in [2.75, 3.05) is 13.1 Å². The molecule has 1 aromatic carbocycles. The van der Waals surface area contributed by atoms with E-state index in [1.165, 1.54) is 6.07 Å². The summed E-state index contributed by atoms with van der Waals surface area (Å²) < 4.78 is 7.09. The molecule has 152 valence electrons. The largest absolute Gasteiger partial charge is 0.494 e. The van der Waals surface area contributed by atoms with Crippen molar-refractivity contribution in [3.05, 3.63) is 34.5 Å². The number of aryl methyl sites for hydroxylation is 1. The fraction of sp³-hybridized carbons (Fsp3) is 0.550. The van der Waals surface area contributed by atoms with Crippen LogP contribution in [0.4, 0.5) is 10.5 Å². The van der Waals surface area contributed by atoms with Gasteiger partial charge < -0.3 is 19.3 Å². The van der Waals surface area contributed by atoms with Gasteiger partial charge in [0.05, 0.1) is 15.7 Å². The average molecular weight is 389 g/mol. The summed E-state index contributed by atoms with van der Waals surface area (Å²) >= 11 is 0. The average Bonchev–Trinajstić information content (AvgIpc) is 2.95. The van der Waals surface area contributed by atoms with Crippen molar-refractivity contribution in [1.82, 2.24) is 9.47 Å². The first-order valence-electron chi connectivity index (χ1n) is 9.59. The number of aromatic hydroxyl groups is 1. The lowest BCUT2D eigenvalue weighted by molar-refractivity contribution is -0.383. The molecular formula is C20H27N3O5. The van der Waals surface area contributed by atoms with Crippen LogP contribution in [0.3, 0.4) is 0 Å². The number of carbonyl (C=O) groups is 1. The number of piperidine rings is 1. The van der Waals surface area contributed by atoms with Crippen LogP contribution >= 0.6 is 0 Å². The topological polar surface area (TPSA) is 97.8 Å². The molecule has 1 aliphatic rings. The molecule has 1 saturated heterocycles. The molecule has 1 aromatic heterocycles. The number of rotatable bonds is 4. The maximum atomic E-state index is 12.1. The van der Waals surface area contributed by atoms with Gasteiger partial charge in [-0.15, -0.1) is 0 Å². The summed E-state index contributed by atoms with van der Waals surface area (Å²) in [6, 6.07) is 4.71. The molecule has 28 heavy (non-hydrogen) atoms. The first-order valence-corrected chi connectivity index (χ1v) is 9.59. The fourth-order valence-corrected chi connectivity index (χ4v) is 3.64. The number of carbonyl (C=O) groups excluding carboxylic acids is 1. The zero-order valence-corrected chi connectivity index (χ0v) is 16.6. The van der Waals surface area contributed by atoms with Gasteiger partial charge in [0.25, 0.3) is 5.69 Å². The summed E-state index contributed by atoms with van der Waals surface area (Å²) in [5.41, 5.74) is -0.498. The van der Waals surface area contributed by atoms with Crippen molar-refractivity contribution in [2.45, 2.75) is 52.2 Å². The third-order valence-electron chi connectivity index (χ3n) is 5.12. The molecule has 2 aromatic rings. The summed E-state index contributed by atoms with van der Waals surface area (Å²) in [5, 5.41) is 22.5. The number of ether oxygens (including phenoxy) is 1. The number of nitrogens with zero attached hydrogens (tertiary/aromatic N) is 3. The summed E-state index contributed by atoms with van der Waals surface area (Å²) in [5.74, 6) is 0.489. The first kappa shape index (κ1) is 20.0. The molecule has 8 nitrogen and oxygen atoms in total. The third-order valence-corrected chi connectivity index (χ3v) is 5.12. The van der Waals surface area contributed by atoms with Gasteiger partial charge in [0.2, 0.25) is 0 Å². The van der Waals surface area contributed by atoms with E-state index in [1.54, 1.807) is 27.8 Å². The van der Waals surface area contributed by atoms with E-state index in [0.29, 0.717) is 36.3 Å². The Morgan fingerprint density at radius 2 is 1.96 bits per heavy atom. The molecule has 2 heterocycles. The van der Waals surface area contributed by atoms with Crippen LogP contribution in [-0.2, 0) is 11.3 Å². The molecule has 1 fully saturated rings. The Morgan fingerprint density at radius 1 is 1.29 bits per heavy atom. The van der Waals surface area contributed by atoms with Gasteiger partial charge in [-0.25, -0.2) is 4.79 Å². The van der Waals surface area contributed by atoms with Crippen molar-refractivity contribution in [2.24, 2.45) is 5.92 Å². The normalized spacial score (nSPS) is 15.8. The van der Waals surface area contributed by atoms with Crippen molar-refractivity contribution in [1.29, 1.82) is 0 Å². The van der Waals surface area contributed by atoms with Crippen LogP contribution in [0.1, 0.15) is 40.0 Å². The number of hydrogen-bond donors (Lipinski definition) is 1. The summed E-state index contributed by atoms with van der Waals surface area (Å²) in [6.07, 6.45) is 3.97. The SMILES string of the molecule is CC(C)(C)OC(=O)N1CCC(CCn2cc3c([N+](=O)[O-])cccc3c2O)CC1. The Hall–Kier alpha value is -2.77. The number of likely N-dealkylation sites (tertiary alicyclic amines) is 1. The number of amides is 1. The van der Waals surface area contributed by atoms with Gasteiger partial charge in [-0.1, -0.05) is 6.07 Å². The quantitative estimate of drug-likeness (QED) is 0.621. The highest BCUT2D eigenvalue weighted by atomic mass is 16.6. The highest BCUT2D eigenvalue weighted by Gasteiger charge is 2.27. The number of non-ortho nitro benzene ring substituents is 1. The molecular weight excluding hydrogens is 362 g/mol. The van der Waals surface area contributed by atoms with E-state index >= 15 is 0 Å². The molecule has 0 bridgehead atoms. The van der Waals surface area contributed by atoms with E-state index in [0.717, 1.165) is 19.3 Å². The highest BCUT2D eigenvalue weighted by molar-refractivity contribution is 5.94. The van der Waals surface area contributed by atoms with Crippen LogP contribution in [0.5, 0.6) is 5.88 Å². The Bertz CT molecular complexity index is 876. The van der Waals surface area contributed by atoms with Gasteiger partial charge in [-0.05, 0) is 52.0 Å². The molecule has 0 aliphatic carbocycles. The second-order valence-corrected chi connectivity index (χ2v) is 8.34. The molecule has 1 aliphatic heterocycles. The lowest BCUT2D eigenvalue weighted by Crippen LogP contribution is -2.41. The first-order chi connectivity index (χ1) is 13.2.